The van der Waals surface area contributed by atoms with E-state index in [0.29, 0.717) is 22.3 Å². The van der Waals surface area contributed by atoms with E-state index in [1.54, 1.807) is 6.92 Å². The van der Waals surface area contributed by atoms with E-state index >= 15 is 0 Å². The number of sulfone groups is 1. The average molecular weight is 307 g/mol. The van der Waals surface area contributed by atoms with Crippen LogP contribution in [-0.4, -0.2) is 25.4 Å². The highest BCUT2D eigenvalue weighted by molar-refractivity contribution is 7.90. The molecule has 0 radical (unpaired) electrons. The number of pyridine rings is 1. The minimum atomic E-state index is -3.46. The fourth-order valence-corrected chi connectivity index (χ4v) is 2.77. The lowest BCUT2D eigenvalue weighted by molar-refractivity contribution is 0.101. The number of carbonyl (C=O) groups excluding carboxylic acids is 1. The van der Waals surface area contributed by atoms with Gasteiger partial charge in [-0.1, -0.05) is 0 Å². The maximum Gasteiger partial charge on any atom is 0.212 e. The summed E-state index contributed by atoms with van der Waals surface area (Å²) in [6, 6.07) is 5.54. The summed E-state index contributed by atoms with van der Waals surface area (Å²) in [5, 5.41) is 0. The Labute approximate surface area is 122 Å². The van der Waals surface area contributed by atoms with E-state index in [1.165, 1.54) is 37.4 Å². The Balaban J connectivity index is 2.78. The van der Waals surface area contributed by atoms with Gasteiger partial charge in [0.15, 0.2) is 15.6 Å². The van der Waals surface area contributed by atoms with Gasteiger partial charge in [0.1, 0.15) is 0 Å². The first-order valence-corrected chi connectivity index (χ1v) is 8.07. The van der Waals surface area contributed by atoms with Crippen molar-refractivity contribution in [1.82, 2.24) is 4.98 Å². The van der Waals surface area contributed by atoms with Gasteiger partial charge < -0.3 is 0 Å². The summed E-state index contributed by atoms with van der Waals surface area (Å²) < 4.78 is 36.5. The fourth-order valence-electron chi connectivity index (χ4n) is 2.10. The molecule has 1 aromatic carbocycles. The van der Waals surface area contributed by atoms with Crippen molar-refractivity contribution in [2.45, 2.75) is 18.7 Å². The minimum absolute atomic E-state index is 0.0534. The third-order valence-corrected chi connectivity index (χ3v) is 4.32. The molecular weight excluding hydrogens is 293 g/mol. The largest absolute Gasteiger partial charge is 0.295 e. The fraction of sp³-hybridized carbons (Fsp3) is 0.200. The lowest BCUT2D eigenvalue weighted by atomic mass is 9.96. The molecule has 0 bridgehead atoms. The topological polar surface area (TPSA) is 64.1 Å². The summed E-state index contributed by atoms with van der Waals surface area (Å²) in [7, 11) is -3.46. The second kappa shape index (κ2) is 5.37. The maximum absolute atomic E-state index is 12.9. The molecule has 0 aliphatic heterocycles. The van der Waals surface area contributed by atoms with E-state index in [9.17, 15) is 17.6 Å². The highest BCUT2D eigenvalue weighted by Gasteiger charge is 2.17. The molecule has 4 nitrogen and oxygen atoms in total. The lowest BCUT2D eigenvalue weighted by Crippen LogP contribution is -2.05. The van der Waals surface area contributed by atoms with Gasteiger partial charge >= 0.3 is 0 Å². The third kappa shape index (κ3) is 3.16. The van der Waals surface area contributed by atoms with Gasteiger partial charge in [0.2, 0.25) is 5.95 Å². The maximum atomic E-state index is 12.9. The standard InChI is InChI=1S/C15H14FNO3S/c1-9-13(10(2)18)6-12(21(3,19)20)7-14(9)11-4-5-15(16)17-8-11/h4-8H,1-3H3. The summed E-state index contributed by atoms with van der Waals surface area (Å²) in [5.41, 5.74) is 2.08. The molecule has 0 unspecified atom stereocenters. The van der Waals surface area contributed by atoms with Crippen LogP contribution in [0, 0.1) is 12.9 Å². The Morgan fingerprint density at radius 2 is 1.90 bits per heavy atom. The predicted molar refractivity (Wildman–Crippen MR) is 77.5 cm³/mol. The number of aromatic nitrogens is 1. The van der Waals surface area contributed by atoms with Crippen LogP contribution in [-0.2, 0) is 9.84 Å². The number of Topliss-reactive ketones (excluding diaryl/α,β-unsaturated/α-hetero) is 1. The minimum Gasteiger partial charge on any atom is -0.295 e. The van der Waals surface area contributed by atoms with Crippen molar-refractivity contribution in [1.29, 1.82) is 0 Å². The second-order valence-corrected chi connectivity index (χ2v) is 6.86. The van der Waals surface area contributed by atoms with Gasteiger partial charge in [0.05, 0.1) is 4.90 Å². The van der Waals surface area contributed by atoms with Gasteiger partial charge in [-0.25, -0.2) is 13.4 Å². The molecule has 21 heavy (non-hydrogen) atoms. The van der Waals surface area contributed by atoms with E-state index in [2.05, 4.69) is 4.98 Å². The molecule has 0 atom stereocenters. The van der Waals surface area contributed by atoms with Gasteiger partial charge in [0, 0.05) is 23.6 Å². The van der Waals surface area contributed by atoms with Gasteiger partial charge in [-0.3, -0.25) is 4.79 Å². The molecule has 2 rings (SSSR count). The zero-order chi connectivity index (χ0) is 15.8. The first-order valence-electron chi connectivity index (χ1n) is 6.17. The summed E-state index contributed by atoms with van der Waals surface area (Å²) in [4.78, 5) is 15.3. The molecule has 6 heteroatoms. The molecule has 1 aromatic heterocycles. The van der Waals surface area contributed by atoms with Crippen LogP contribution in [0.1, 0.15) is 22.8 Å². The van der Waals surface area contributed by atoms with Gasteiger partial charge in [0.25, 0.3) is 0 Å². The van der Waals surface area contributed by atoms with Crippen molar-refractivity contribution >= 4 is 15.6 Å². The Morgan fingerprint density at radius 1 is 1.24 bits per heavy atom. The van der Waals surface area contributed by atoms with Crippen molar-refractivity contribution in [2.75, 3.05) is 6.26 Å². The molecule has 0 saturated carbocycles. The molecule has 0 spiro atoms. The van der Waals surface area contributed by atoms with Crippen LogP contribution in [0.2, 0.25) is 0 Å². The molecular formula is C15H14FNO3S. The number of halogens is 1. The van der Waals surface area contributed by atoms with E-state index in [1.807, 2.05) is 0 Å². The summed E-state index contributed by atoms with van der Waals surface area (Å²) in [6.45, 7) is 3.10. The van der Waals surface area contributed by atoms with Crippen molar-refractivity contribution in [2.24, 2.45) is 0 Å². The summed E-state index contributed by atoms with van der Waals surface area (Å²) >= 11 is 0. The first-order chi connectivity index (χ1) is 9.70. The highest BCUT2D eigenvalue weighted by atomic mass is 32.2. The smallest absolute Gasteiger partial charge is 0.212 e. The summed E-state index contributed by atoms with van der Waals surface area (Å²) in [6.07, 6.45) is 2.39. The SMILES string of the molecule is CC(=O)c1cc(S(C)(=O)=O)cc(-c2ccc(F)nc2)c1C. The zero-order valence-electron chi connectivity index (χ0n) is 11.8. The van der Waals surface area contributed by atoms with Crippen LogP contribution in [0.15, 0.2) is 35.4 Å². The van der Waals surface area contributed by atoms with E-state index in [0.717, 1.165) is 6.26 Å². The molecule has 2 aromatic rings. The van der Waals surface area contributed by atoms with Crippen molar-refractivity contribution in [3.63, 3.8) is 0 Å². The van der Waals surface area contributed by atoms with Crippen molar-refractivity contribution in [3.8, 4) is 11.1 Å². The number of nitrogens with zero attached hydrogens (tertiary/aromatic N) is 1. The second-order valence-electron chi connectivity index (χ2n) is 4.84. The Kier molecular flexibility index (Phi) is 3.91. The Hall–Kier alpha value is -2.08. The van der Waals surface area contributed by atoms with Crippen molar-refractivity contribution < 1.29 is 17.6 Å². The first kappa shape index (κ1) is 15.3. The van der Waals surface area contributed by atoms with Crippen molar-refractivity contribution in [3.05, 3.63) is 47.5 Å². The number of benzene rings is 1. The number of ketones is 1. The molecule has 0 N–H and O–H groups in total. The average Bonchev–Trinajstić information content (AvgIpc) is 2.38. The third-order valence-electron chi connectivity index (χ3n) is 3.23. The lowest BCUT2D eigenvalue weighted by Gasteiger charge is -2.12. The molecule has 110 valence electrons. The molecule has 0 fully saturated rings. The molecule has 0 aliphatic rings. The van der Waals surface area contributed by atoms with E-state index < -0.39 is 15.8 Å². The molecule has 0 amide bonds. The Bertz CT molecular complexity index is 812. The summed E-state index contributed by atoms with van der Waals surface area (Å²) in [5.74, 6) is -0.850. The number of hydrogen-bond acceptors (Lipinski definition) is 4. The predicted octanol–water partition coefficient (Wildman–Crippen LogP) is 2.80. The van der Waals surface area contributed by atoms with Gasteiger partial charge in [-0.15, -0.1) is 0 Å². The van der Waals surface area contributed by atoms with Crippen LogP contribution < -0.4 is 0 Å². The zero-order valence-corrected chi connectivity index (χ0v) is 12.7. The van der Waals surface area contributed by atoms with Crippen LogP contribution in [0.25, 0.3) is 11.1 Å². The van der Waals surface area contributed by atoms with E-state index in [-0.39, 0.29) is 10.7 Å². The van der Waals surface area contributed by atoms with Gasteiger partial charge in [-0.05, 0) is 49.2 Å². The monoisotopic (exact) mass is 307 g/mol. The number of carbonyl (C=O) groups is 1. The van der Waals surface area contributed by atoms with Gasteiger partial charge in [-0.2, -0.15) is 4.39 Å². The quantitative estimate of drug-likeness (QED) is 0.646. The highest BCUT2D eigenvalue weighted by Crippen LogP contribution is 2.29. The van der Waals surface area contributed by atoms with Crippen LogP contribution in [0.4, 0.5) is 4.39 Å². The molecule has 0 aliphatic carbocycles. The van der Waals surface area contributed by atoms with E-state index in [4.69, 9.17) is 0 Å². The molecule has 1 heterocycles. The van der Waals surface area contributed by atoms with Crippen LogP contribution in [0.5, 0.6) is 0 Å². The molecule has 0 saturated heterocycles. The normalized spacial score (nSPS) is 11.4. The number of rotatable bonds is 3. The van der Waals surface area contributed by atoms with Crippen LogP contribution >= 0.6 is 0 Å². The number of hydrogen-bond donors (Lipinski definition) is 0. The van der Waals surface area contributed by atoms with Crippen LogP contribution in [0.3, 0.4) is 0 Å². The Morgan fingerprint density at radius 3 is 2.38 bits per heavy atom.